The van der Waals surface area contributed by atoms with Crippen molar-refractivity contribution in [2.75, 3.05) is 36.0 Å². The average Bonchev–Trinajstić information content (AvgIpc) is 3.19. The summed E-state index contributed by atoms with van der Waals surface area (Å²) >= 11 is 6.04. The third kappa shape index (κ3) is 2.25. The van der Waals surface area contributed by atoms with Crippen LogP contribution in [0.2, 0.25) is 5.15 Å². The van der Waals surface area contributed by atoms with Gasteiger partial charge in [0.1, 0.15) is 11.7 Å². The predicted molar refractivity (Wildman–Crippen MR) is 90.3 cm³/mol. The minimum Gasteiger partial charge on any atom is -0.339 e. The summed E-state index contributed by atoms with van der Waals surface area (Å²) in [5.74, 6) is 1.62. The van der Waals surface area contributed by atoms with Crippen molar-refractivity contribution in [2.24, 2.45) is 7.05 Å². The summed E-state index contributed by atoms with van der Waals surface area (Å²) in [7, 11) is 1.81. The van der Waals surface area contributed by atoms with Crippen LogP contribution < -0.4 is 9.80 Å². The summed E-state index contributed by atoms with van der Waals surface area (Å²) in [6.45, 7) is 3.16. The molecule has 24 heavy (non-hydrogen) atoms. The first-order valence-corrected chi connectivity index (χ1v) is 7.97. The molecular weight excluding hydrogens is 328 g/mol. The SMILES string of the molecule is Cn1c(N2CCN(c3nccc4nccn34)CC2)nc(Cl)c1C#N. The second kappa shape index (κ2) is 5.69. The normalized spacial score (nSPS) is 15.0. The van der Waals surface area contributed by atoms with Gasteiger partial charge in [0.25, 0.3) is 0 Å². The van der Waals surface area contributed by atoms with Crippen molar-refractivity contribution in [1.82, 2.24) is 23.9 Å². The van der Waals surface area contributed by atoms with E-state index < -0.39 is 0 Å². The lowest BCUT2D eigenvalue weighted by molar-refractivity contribution is 0.616. The summed E-state index contributed by atoms with van der Waals surface area (Å²) in [5.41, 5.74) is 1.27. The molecule has 0 unspecified atom stereocenters. The first kappa shape index (κ1) is 14.8. The average molecular weight is 343 g/mol. The van der Waals surface area contributed by atoms with Gasteiger partial charge < -0.3 is 14.4 Å². The van der Waals surface area contributed by atoms with Gasteiger partial charge in [-0.2, -0.15) is 10.2 Å². The molecule has 9 heteroatoms. The van der Waals surface area contributed by atoms with Gasteiger partial charge in [0, 0.05) is 51.8 Å². The van der Waals surface area contributed by atoms with Crippen molar-refractivity contribution in [1.29, 1.82) is 5.26 Å². The lowest BCUT2D eigenvalue weighted by Gasteiger charge is -2.35. The number of aromatic nitrogens is 5. The van der Waals surface area contributed by atoms with Crippen molar-refractivity contribution in [2.45, 2.75) is 0 Å². The lowest BCUT2D eigenvalue weighted by atomic mass is 10.3. The fraction of sp³-hybridized carbons (Fsp3) is 0.333. The molecule has 1 aliphatic heterocycles. The smallest absolute Gasteiger partial charge is 0.211 e. The van der Waals surface area contributed by atoms with Crippen molar-refractivity contribution >= 4 is 29.1 Å². The van der Waals surface area contributed by atoms with Crippen LogP contribution in [0.5, 0.6) is 0 Å². The van der Waals surface area contributed by atoms with E-state index in [1.807, 2.05) is 23.7 Å². The molecule has 0 aliphatic carbocycles. The molecule has 3 aromatic rings. The van der Waals surface area contributed by atoms with E-state index in [4.69, 9.17) is 16.9 Å². The summed E-state index contributed by atoms with van der Waals surface area (Å²) in [5, 5.41) is 9.40. The summed E-state index contributed by atoms with van der Waals surface area (Å²) in [6.07, 6.45) is 5.47. The highest BCUT2D eigenvalue weighted by molar-refractivity contribution is 6.30. The van der Waals surface area contributed by atoms with Crippen molar-refractivity contribution in [3.05, 3.63) is 35.5 Å². The highest BCUT2D eigenvalue weighted by Gasteiger charge is 2.24. The minimum atomic E-state index is 0.252. The quantitative estimate of drug-likeness (QED) is 0.699. The van der Waals surface area contributed by atoms with Gasteiger partial charge in [0.05, 0.1) is 0 Å². The Kier molecular flexibility index (Phi) is 3.50. The van der Waals surface area contributed by atoms with Gasteiger partial charge in [-0.1, -0.05) is 11.6 Å². The van der Waals surface area contributed by atoms with Gasteiger partial charge in [-0.15, -0.1) is 0 Å². The van der Waals surface area contributed by atoms with Gasteiger partial charge in [-0.3, -0.25) is 4.40 Å². The number of anilines is 2. The van der Waals surface area contributed by atoms with Crippen molar-refractivity contribution in [3.63, 3.8) is 0 Å². The molecule has 0 bridgehead atoms. The van der Waals surface area contributed by atoms with E-state index in [0.29, 0.717) is 5.69 Å². The summed E-state index contributed by atoms with van der Waals surface area (Å²) in [6, 6.07) is 3.97. The van der Waals surface area contributed by atoms with E-state index in [1.54, 1.807) is 17.0 Å². The van der Waals surface area contributed by atoms with Crippen LogP contribution in [0.4, 0.5) is 11.9 Å². The van der Waals surface area contributed by atoms with Crippen LogP contribution in [0, 0.1) is 11.3 Å². The van der Waals surface area contributed by atoms with Crippen LogP contribution in [-0.4, -0.2) is 50.1 Å². The summed E-state index contributed by atoms with van der Waals surface area (Å²) in [4.78, 5) is 17.5. The number of nitriles is 1. The molecule has 4 heterocycles. The number of nitrogens with zero attached hydrogens (tertiary/aromatic N) is 8. The van der Waals surface area contributed by atoms with E-state index in [2.05, 4.69) is 30.8 Å². The number of hydrogen-bond acceptors (Lipinski definition) is 6. The van der Waals surface area contributed by atoms with E-state index in [1.165, 1.54) is 0 Å². The van der Waals surface area contributed by atoms with Crippen LogP contribution in [0.3, 0.4) is 0 Å². The topological polar surface area (TPSA) is 78.3 Å². The third-order valence-corrected chi connectivity index (χ3v) is 4.54. The molecule has 122 valence electrons. The molecule has 0 radical (unpaired) electrons. The predicted octanol–water partition coefficient (Wildman–Crippen LogP) is 1.31. The molecule has 4 rings (SSSR count). The van der Waals surface area contributed by atoms with Gasteiger partial charge >= 0.3 is 0 Å². The minimum absolute atomic E-state index is 0.252. The Bertz CT molecular complexity index is 929. The Labute approximate surface area is 143 Å². The molecule has 0 spiro atoms. The Morgan fingerprint density at radius 3 is 2.46 bits per heavy atom. The Balaban J connectivity index is 1.55. The highest BCUT2D eigenvalue weighted by atomic mass is 35.5. The Morgan fingerprint density at radius 1 is 1.08 bits per heavy atom. The molecule has 8 nitrogen and oxygen atoms in total. The zero-order valence-electron chi connectivity index (χ0n) is 13.1. The zero-order chi connectivity index (χ0) is 16.7. The molecule has 1 saturated heterocycles. The highest BCUT2D eigenvalue weighted by Crippen LogP contribution is 2.23. The van der Waals surface area contributed by atoms with E-state index >= 15 is 0 Å². The first-order valence-electron chi connectivity index (χ1n) is 7.59. The van der Waals surface area contributed by atoms with E-state index in [9.17, 15) is 0 Å². The maximum atomic E-state index is 9.14. The fourth-order valence-corrected chi connectivity index (χ4v) is 3.28. The molecule has 0 amide bonds. The molecule has 0 saturated carbocycles. The molecule has 1 aliphatic rings. The van der Waals surface area contributed by atoms with Crippen LogP contribution in [-0.2, 0) is 7.05 Å². The number of hydrogen-bond donors (Lipinski definition) is 0. The molecule has 0 aromatic carbocycles. The number of piperazine rings is 1. The molecule has 0 atom stereocenters. The van der Waals surface area contributed by atoms with Crippen LogP contribution in [0.15, 0.2) is 24.7 Å². The first-order chi connectivity index (χ1) is 11.7. The third-order valence-electron chi connectivity index (χ3n) is 4.28. The second-order valence-electron chi connectivity index (χ2n) is 5.60. The van der Waals surface area contributed by atoms with Gasteiger partial charge in [0.2, 0.25) is 11.9 Å². The number of halogens is 1. The molecule has 1 fully saturated rings. The molecule has 3 aromatic heterocycles. The Morgan fingerprint density at radius 2 is 1.79 bits per heavy atom. The lowest BCUT2D eigenvalue weighted by Crippen LogP contribution is -2.48. The summed E-state index contributed by atoms with van der Waals surface area (Å²) < 4.78 is 3.73. The second-order valence-corrected chi connectivity index (χ2v) is 5.95. The van der Waals surface area contributed by atoms with Crippen LogP contribution >= 0.6 is 11.6 Å². The van der Waals surface area contributed by atoms with Gasteiger partial charge in [-0.05, 0) is 6.07 Å². The number of rotatable bonds is 2. The van der Waals surface area contributed by atoms with Crippen molar-refractivity contribution < 1.29 is 0 Å². The van der Waals surface area contributed by atoms with Crippen molar-refractivity contribution in [3.8, 4) is 6.07 Å². The fourth-order valence-electron chi connectivity index (χ4n) is 3.04. The largest absolute Gasteiger partial charge is 0.339 e. The van der Waals surface area contributed by atoms with Gasteiger partial charge in [-0.25, -0.2) is 9.97 Å². The standard InChI is InChI=1S/C15H15ClN8/c1-21-11(10-17)13(16)20-15(21)23-8-6-22(7-9-23)14-19-3-2-12-18-4-5-24(12)14/h2-5H,6-9H2,1H3. The maximum Gasteiger partial charge on any atom is 0.211 e. The van der Waals surface area contributed by atoms with Gasteiger partial charge in [0.15, 0.2) is 10.8 Å². The molecule has 0 N–H and O–H groups in total. The van der Waals surface area contributed by atoms with E-state index in [-0.39, 0.29) is 5.15 Å². The number of imidazole rings is 2. The van der Waals surface area contributed by atoms with Crippen LogP contribution in [0.25, 0.3) is 5.65 Å². The monoisotopic (exact) mass is 342 g/mol. The zero-order valence-corrected chi connectivity index (χ0v) is 13.8. The Hall–Kier alpha value is -2.79. The maximum absolute atomic E-state index is 9.14. The van der Waals surface area contributed by atoms with E-state index in [0.717, 1.165) is 43.7 Å². The van der Waals surface area contributed by atoms with Crippen LogP contribution in [0.1, 0.15) is 5.69 Å². The number of fused-ring (bicyclic) bond motifs is 1. The molecular formula is C15H15ClN8.